The number of rotatable bonds is 1. The number of benzene rings is 1. The first-order valence-electron chi connectivity index (χ1n) is 7.15. The molecule has 0 bridgehead atoms. The Morgan fingerprint density at radius 1 is 1.10 bits per heavy atom. The van der Waals surface area contributed by atoms with Gasteiger partial charge >= 0.3 is 6.09 Å². The first-order valence-corrected chi connectivity index (χ1v) is 7.15. The van der Waals surface area contributed by atoms with Crippen LogP contribution >= 0.6 is 0 Å². The van der Waals surface area contributed by atoms with Crippen molar-refractivity contribution in [2.75, 3.05) is 31.1 Å². The molecule has 2 aliphatic rings. The van der Waals surface area contributed by atoms with E-state index in [1.807, 2.05) is 31.7 Å². The third-order valence-corrected chi connectivity index (χ3v) is 3.88. The van der Waals surface area contributed by atoms with Crippen LogP contribution in [0, 0.1) is 5.41 Å². The standard InChI is InChI=1S/C16H22N2O2/c1-15(2,3)20-14(19)18-11-16(12-18)9-17(10-16)13-7-5-4-6-8-13/h4-8H,9-12H2,1-3H3. The van der Waals surface area contributed by atoms with Crippen molar-refractivity contribution in [1.29, 1.82) is 0 Å². The molecule has 2 saturated heterocycles. The molecule has 0 radical (unpaired) electrons. The third kappa shape index (κ3) is 2.47. The smallest absolute Gasteiger partial charge is 0.410 e. The summed E-state index contributed by atoms with van der Waals surface area (Å²) in [4.78, 5) is 16.1. The highest BCUT2D eigenvalue weighted by atomic mass is 16.6. The predicted octanol–water partition coefficient (Wildman–Crippen LogP) is 2.74. The lowest BCUT2D eigenvalue weighted by Crippen LogP contribution is -2.73. The summed E-state index contributed by atoms with van der Waals surface area (Å²) in [6, 6.07) is 10.4. The van der Waals surface area contributed by atoms with Crippen LogP contribution in [-0.4, -0.2) is 42.8 Å². The molecular weight excluding hydrogens is 252 g/mol. The lowest BCUT2D eigenvalue weighted by molar-refractivity contribution is -0.0452. The van der Waals surface area contributed by atoms with E-state index < -0.39 is 5.60 Å². The monoisotopic (exact) mass is 274 g/mol. The maximum atomic E-state index is 11.9. The molecule has 1 aromatic carbocycles. The van der Waals surface area contributed by atoms with Crippen LogP contribution in [-0.2, 0) is 4.74 Å². The SMILES string of the molecule is CC(C)(C)OC(=O)N1CC2(C1)CN(c1ccccc1)C2. The number of amides is 1. The predicted molar refractivity (Wildman–Crippen MR) is 78.9 cm³/mol. The number of carbonyl (C=O) groups is 1. The summed E-state index contributed by atoms with van der Waals surface area (Å²) in [5.41, 5.74) is 1.16. The van der Waals surface area contributed by atoms with Crippen LogP contribution in [0.5, 0.6) is 0 Å². The zero-order valence-corrected chi connectivity index (χ0v) is 12.4. The van der Waals surface area contributed by atoms with Gasteiger partial charge in [-0.3, -0.25) is 0 Å². The van der Waals surface area contributed by atoms with Crippen LogP contribution in [0.25, 0.3) is 0 Å². The van der Waals surface area contributed by atoms with Gasteiger partial charge in [0.15, 0.2) is 0 Å². The molecule has 0 saturated carbocycles. The summed E-state index contributed by atoms with van der Waals surface area (Å²) in [7, 11) is 0. The van der Waals surface area contributed by atoms with Gasteiger partial charge in [-0.05, 0) is 32.9 Å². The minimum atomic E-state index is -0.407. The molecule has 0 aliphatic carbocycles. The maximum Gasteiger partial charge on any atom is 0.410 e. The molecule has 2 fully saturated rings. The highest BCUT2D eigenvalue weighted by Gasteiger charge is 2.53. The van der Waals surface area contributed by atoms with E-state index in [4.69, 9.17) is 4.74 Å². The highest BCUT2D eigenvalue weighted by molar-refractivity contribution is 5.70. The molecule has 4 heteroatoms. The fourth-order valence-electron chi connectivity index (χ4n) is 3.00. The Morgan fingerprint density at radius 3 is 2.25 bits per heavy atom. The van der Waals surface area contributed by atoms with E-state index in [2.05, 4.69) is 29.2 Å². The van der Waals surface area contributed by atoms with E-state index in [0.29, 0.717) is 5.41 Å². The summed E-state index contributed by atoms with van der Waals surface area (Å²) in [5.74, 6) is 0. The number of para-hydroxylation sites is 1. The average Bonchev–Trinajstić information content (AvgIpc) is 2.24. The fourth-order valence-corrected chi connectivity index (χ4v) is 3.00. The van der Waals surface area contributed by atoms with E-state index >= 15 is 0 Å². The molecule has 20 heavy (non-hydrogen) atoms. The van der Waals surface area contributed by atoms with Crippen LogP contribution in [0.3, 0.4) is 0 Å². The Labute approximate surface area is 120 Å². The lowest BCUT2D eigenvalue weighted by Gasteiger charge is -2.60. The van der Waals surface area contributed by atoms with Crippen molar-refractivity contribution in [2.45, 2.75) is 26.4 Å². The van der Waals surface area contributed by atoms with Gasteiger partial charge in [0.05, 0.1) is 0 Å². The molecular formula is C16H22N2O2. The van der Waals surface area contributed by atoms with Gasteiger partial charge in [-0.2, -0.15) is 0 Å². The Balaban J connectivity index is 1.49. The number of carbonyl (C=O) groups excluding carboxylic acids is 1. The second-order valence-electron chi connectivity index (χ2n) is 7.03. The number of hydrogen-bond acceptors (Lipinski definition) is 3. The van der Waals surface area contributed by atoms with Gasteiger partial charge in [0.1, 0.15) is 5.60 Å². The molecule has 0 unspecified atom stereocenters. The molecule has 4 nitrogen and oxygen atoms in total. The van der Waals surface area contributed by atoms with Crippen LogP contribution in [0.1, 0.15) is 20.8 Å². The Morgan fingerprint density at radius 2 is 1.70 bits per heavy atom. The van der Waals surface area contributed by atoms with Crippen molar-refractivity contribution in [3.8, 4) is 0 Å². The Hall–Kier alpha value is -1.71. The highest BCUT2D eigenvalue weighted by Crippen LogP contribution is 2.42. The van der Waals surface area contributed by atoms with Crippen molar-refractivity contribution in [3.63, 3.8) is 0 Å². The van der Waals surface area contributed by atoms with E-state index in [-0.39, 0.29) is 6.09 Å². The van der Waals surface area contributed by atoms with Crippen molar-refractivity contribution >= 4 is 11.8 Å². The second kappa shape index (κ2) is 4.40. The number of anilines is 1. The molecule has 1 spiro atoms. The van der Waals surface area contributed by atoms with Gasteiger partial charge in [0.25, 0.3) is 0 Å². The Kier molecular flexibility index (Phi) is 2.92. The van der Waals surface area contributed by atoms with Gasteiger partial charge in [-0.1, -0.05) is 18.2 Å². The number of likely N-dealkylation sites (tertiary alicyclic amines) is 1. The first-order chi connectivity index (χ1) is 9.37. The third-order valence-electron chi connectivity index (χ3n) is 3.88. The second-order valence-corrected chi connectivity index (χ2v) is 7.03. The number of hydrogen-bond donors (Lipinski definition) is 0. The molecule has 1 aromatic rings. The van der Waals surface area contributed by atoms with Crippen LogP contribution < -0.4 is 4.90 Å². The minimum absolute atomic E-state index is 0.179. The molecule has 3 rings (SSSR count). The minimum Gasteiger partial charge on any atom is -0.444 e. The van der Waals surface area contributed by atoms with E-state index in [1.165, 1.54) is 5.69 Å². The number of nitrogens with zero attached hydrogens (tertiary/aromatic N) is 2. The lowest BCUT2D eigenvalue weighted by atomic mass is 9.73. The fraction of sp³-hybridized carbons (Fsp3) is 0.562. The van der Waals surface area contributed by atoms with E-state index in [1.54, 1.807) is 0 Å². The van der Waals surface area contributed by atoms with Crippen molar-refractivity contribution < 1.29 is 9.53 Å². The Bertz CT molecular complexity index is 493. The largest absolute Gasteiger partial charge is 0.444 e. The van der Waals surface area contributed by atoms with Crippen molar-refractivity contribution in [3.05, 3.63) is 30.3 Å². The number of ether oxygens (including phenoxy) is 1. The van der Waals surface area contributed by atoms with Crippen molar-refractivity contribution in [1.82, 2.24) is 4.90 Å². The van der Waals surface area contributed by atoms with Gasteiger partial charge in [-0.25, -0.2) is 4.79 Å². The summed E-state index contributed by atoms with van der Waals surface area (Å²) in [6.07, 6.45) is -0.179. The van der Waals surface area contributed by atoms with Gasteiger partial charge < -0.3 is 14.5 Å². The van der Waals surface area contributed by atoms with Gasteiger partial charge in [-0.15, -0.1) is 0 Å². The molecule has 1 amide bonds. The normalized spacial score (nSPS) is 20.4. The maximum absolute atomic E-state index is 11.9. The van der Waals surface area contributed by atoms with Crippen LogP contribution in [0.15, 0.2) is 30.3 Å². The summed E-state index contributed by atoms with van der Waals surface area (Å²) < 4.78 is 5.39. The van der Waals surface area contributed by atoms with E-state index in [9.17, 15) is 4.79 Å². The molecule has 2 aliphatic heterocycles. The molecule has 0 N–H and O–H groups in total. The van der Waals surface area contributed by atoms with Crippen molar-refractivity contribution in [2.24, 2.45) is 5.41 Å². The summed E-state index contributed by atoms with van der Waals surface area (Å²) >= 11 is 0. The van der Waals surface area contributed by atoms with Gasteiger partial charge in [0.2, 0.25) is 0 Å². The van der Waals surface area contributed by atoms with Gasteiger partial charge in [0, 0.05) is 37.3 Å². The molecule has 0 atom stereocenters. The molecule has 0 aromatic heterocycles. The zero-order chi connectivity index (χ0) is 14.4. The summed E-state index contributed by atoms with van der Waals surface area (Å²) in [6.45, 7) is 9.44. The topological polar surface area (TPSA) is 32.8 Å². The van der Waals surface area contributed by atoms with Crippen LogP contribution in [0.4, 0.5) is 10.5 Å². The molecule has 108 valence electrons. The average molecular weight is 274 g/mol. The van der Waals surface area contributed by atoms with Crippen LogP contribution in [0.2, 0.25) is 0 Å². The quantitative estimate of drug-likeness (QED) is 0.789. The molecule has 2 heterocycles. The first kappa shape index (κ1) is 13.3. The summed E-state index contributed by atoms with van der Waals surface area (Å²) in [5, 5.41) is 0. The zero-order valence-electron chi connectivity index (χ0n) is 12.4. The van der Waals surface area contributed by atoms with E-state index in [0.717, 1.165) is 26.2 Å².